The molecule has 0 bridgehead atoms. The summed E-state index contributed by atoms with van der Waals surface area (Å²) < 4.78 is 0. The van der Waals surface area contributed by atoms with Crippen LogP contribution in [0, 0.1) is 11.3 Å². The van der Waals surface area contributed by atoms with E-state index >= 15 is 0 Å². The molecule has 0 aromatic carbocycles. The average molecular weight is 160 g/mol. The summed E-state index contributed by atoms with van der Waals surface area (Å²) in [5.41, 5.74) is 0.598. The predicted octanol–water partition coefficient (Wildman–Crippen LogP) is 0.123. The predicted molar refractivity (Wildman–Crippen MR) is 41.4 cm³/mol. The maximum absolute atomic E-state index is 11.0. The molecule has 5 nitrogen and oxygen atoms in total. The summed E-state index contributed by atoms with van der Waals surface area (Å²) in [4.78, 5) is 14.9. The molecule has 0 aliphatic carbocycles. The normalized spacial score (nSPS) is 9.92. The summed E-state index contributed by atoms with van der Waals surface area (Å²) >= 11 is 0. The summed E-state index contributed by atoms with van der Waals surface area (Å²) in [6.45, 7) is 0. The lowest BCUT2D eigenvalue weighted by Crippen LogP contribution is -1.97. The van der Waals surface area contributed by atoms with Gasteiger partial charge in [0.15, 0.2) is 5.65 Å². The number of hydrogen-bond donors (Lipinski definition) is 2. The lowest BCUT2D eigenvalue weighted by molar-refractivity contribution is 1.06. The number of H-pyrrole nitrogens is 2. The van der Waals surface area contributed by atoms with E-state index < -0.39 is 0 Å². The topological polar surface area (TPSA) is 85.3 Å². The van der Waals surface area contributed by atoms with Crippen LogP contribution in [0.5, 0.6) is 0 Å². The molecule has 2 rings (SSSR count). The smallest absolute Gasteiger partial charge is 0.273 e. The van der Waals surface area contributed by atoms with Crippen LogP contribution in [-0.4, -0.2) is 15.2 Å². The first kappa shape index (κ1) is 6.61. The Morgan fingerprint density at radius 1 is 1.50 bits per heavy atom. The number of hydrogen-bond acceptors (Lipinski definition) is 3. The maximum atomic E-state index is 11.0. The van der Waals surface area contributed by atoms with E-state index in [4.69, 9.17) is 5.26 Å². The minimum absolute atomic E-state index is 0.255. The number of pyridine rings is 1. The molecule has 5 heteroatoms. The molecule has 2 heterocycles. The van der Waals surface area contributed by atoms with Crippen molar-refractivity contribution in [1.29, 1.82) is 5.26 Å². The summed E-state index contributed by atoms with van der Waals surface area (Å²) in [7, 11) is 0. The van der Waals surface area contributed by atoms with Gasteiger partial charge in [0.25, 0.3) is 5.56 Å². The Morgan fingerprint density at radius 3 is 3.08 bits per heavy atom. The number of nitriles is 1. The zero-order chi connectivity index (χ0) is 8.55. The van der Waals surface area contributed by atoms with Crippen LogP contribution in [-0.2, 0) is 0 Å². The molecule has 0 saturated carbocycles. The van der Waals surface area contributed by atoms with E-state index in [0.717, 1.165) is 0 Å². The Kier molecular flexibility index (Phi) is 1.21. The lowest BCUT2D eigenvalue weighted by atomic mass is 10.2. The quantitative estimate of drug-likeness (QED) is 0.574. The Bertz CT molecular complexity index is 516. The second kappa shape index (κ2) is 2.20. The molecule has 12 heavy (non-hydrogen) atoms. The fraction of sp³-hybridized carbons (Fsp3) is 0. The molecule has 0 atom stereocenters. The van der Waals surface area contributed by atoms with Gasteiger partial charge < -0.3 is 0 Å². The fourth-order valence-corrected chi connectivity index (χ4v) is 0.982. The molecule has 2 aromatic heterocycles. The molecule has 58 valence electrons. The first-order valence-electron chi connectivity index (χ1n) is 3.28. The van der Waals surface area contributed by atoms with Crippen LogP contribution in [0.4, 0.5) is 0 Å². The van der Waals surface area contributed by atoms with Gasteiger partial charge in [-0.15, -0.1) is 0 Å². The van der Waals surface area contributed by atoms with Crippen LogP contribution in [0.25, 0.3) is 11.0 Å². The Morgan fingerprint density at radius 2 is 2.33 bits per heavy atom. The van der Waals surface area contributed by atoms with Crippen molar-refractivity contribution in [1.82, 2.24) is 15.2 Å². The molecule has 0 aliphatic heterocycles. The molecule has 0 spiro atoms. The van der Waals surface area contributed by atoms with Gasteiger partial charge in [0.1, 0.15) is 6.07 Å². The zero-order valence-corrected chi connectivity index (χ0v) is 5.96. The van der Waals surface area contributed by atoms with E-state index in [1.54, 1.807) is 0 Å². The van der Waals surface area contributed by atoms with Crippen LogP contribution in [0.15, 0.2) is 17.1 Å². The molecule has 0 amide bonds. The summed E-state index contributed by atoms with van der Waals surface area (Å²) in [5, 5.41) is 13.9. The standard InChI is InChI=1S/C7H4N4O/c8-2-4-1-5-6(9-3-4)10-11-7(5)12/h1,3H,(H2,9,10,11,12). The molecule has 0 unspecified atom stereocenters. The number of nitrogens with zero attached hydrogens (tertiary/aromatic N) is 2. The van der Waals surface area contributed by atoms with Crippen LogP contribution in [0.1, 0.15) is 5.56 Å². The van der Waals surface area contributed by atoms with Gasteiger partial charge in [0.2, 0.25) is 0 Å². The molecule has 0 fully saturated rings. The van der Waals surface area contributed by atoms with Crippen LogP contribution in [0.2, 0.25) is 0 Å². The van der Waals surface area contributed by atoms with E-state index in [-0.39, 0.29) is 5.56 Å². The molecule has 0 aliphatic rings. The summed E-state index contributed by atoms with van der Waals surface area (Å²) in [6, 6.07) is 3.40. The van der Waals surface area contributed by atoms with Gasteiger partial charge in [-0.25, -0.2) is 4.98 Å². The molecule has 2 N–H and O–H groups in total. The van der Waals surface area contributed by atoms with Crippen LogP contribution >= 0.6 is 0 Å². The van der Waals surface area contributed by atoms with E-state index in [0.29, 0.717) is 16.6 Å². The molecule has 2 aromatic rings. The number of rotatable bonds is 0. The fourth-order valence-electron chi connectivity index (χ4n) is 0.982. The van der Waals surface area contributed by atoms with Gasteiger partial charge in [-0.3, -0.25) is 15.0 Å². The third kappa shape index (κ3) is 0.787. The van der Waals surface area contributed by atoms with Crippen molar-refractivity contribution in [3.63, 3.8) is 0 Å². The highest BCUT2D eigenvalue weighted by molar-refractivity contribution is 5.74. The van der Waals surface area contributed by atoms with Gasteiger partial charge in [-0.2, -0.15) is 5.26 Å². The van der Waals surface area contributed by atoms with Gasteiger partial charge in [0.05, 0.1) is 10.9 Å². The van der Waals surface area contributed by atoms with E-state index in [1.165, 1.54) is 12.3 Å². The lowest BCUT2D eigenvalue weighted by Gasteiger charge is -1.85. The highest BCUT2D eigenvalue weighted by Crippen LogP contribution is 2.04. The largest absolute Gasteiger partial charge is 0.281 e. The third-order valence-electron chi connectivity index (χ3n) is 1.56. The van der Waals surface area contributed by atoms with E-state index in [2.05, 4.69) is 15.2 Å². The zero-order valence-electron chi connectivity index (χ0n) is 5.96. The molecular weight excluding hydrogens is 156 g/mol. The van der Waals surface area contributed by atoms with Gasteiger partial charge in [-0.05, 0) is 6.07 Å². The SMILES string of the molecule is N#Cc1cnc2[nH][nH]c(=O)c2c1. The van der Waals surface area contributed by atoms with Gasteiger partial charge >= 0.3 is 0 Å². The van der Waals surface area contributed by atoms with Crippen molar-refractivity contribution in [2.45, 2.75) is 0 Å². The number of fused-ring (bicyclic) bond motifs is 1. The first-order chi connectivity index (χ1) is 5.81. The van der Waals surface area contributed by atoms with Gasteiger partial charge in [0, 0.05) is 6.20 Å². The minimum atomic E-state index is -0.255. The monoisotopic (exact) mass is 160 g/mol. The Balaban J connectivity index is 2.91. The summed E-state index contributed by atoms with van der Waals surface area (Å²) in [5.74, 6) is 0. The van der Waals surface area contributed by atoms with Crippen molar-refractivity contribution in [2.24, 2.45) is 0 Å². The second-order valence-corrected chi connectivity index (χ2v) is 2.31. The van der Waals surface area contributed by atoms with Crippen molar-refractivity contribution < 1.29 is 0 Å². The van der Waals surface area contributed by atoms with Crippen molar-refractivity contribution in [3.05, 3.63) is 28.2 Å². The number of nitrogens with one attached hydrogen (secondary N) is 2. The molecule has 0 saturated heterocycles. The first-order valence-corrected chi connectivity index (χ1v) is 3.28. The molecule has 0 radical (unpaired) electrons. The number of aromatic amines is 2. The molecular formula is C7H4N4O. The second-order valence-electron chi connectivity index (χ2n) is 2.31. The highest BCUT2D eigenvalue weighted by atomic mass is 16.1. The maximum Gasteiger partial charge on any atom is 0.273 e. The number of aromatic nitrogens is 3. The van der Waals surface area contributed by atoms with Crippen LogP contribution < -0.4 is 5.56 Å². The third-order valence-corrected chi connectivity index (χ3v) is 1.56. The average Bonchev–Trinajstić information content (AvgIpc) is 2.47. The Labute approximate surface area is 66.6 Å². The minimum Gasteiger partial charge on any atom is -0.281 e. The van der Waals surface area contributed by atoms with Gasteiger partial charge in [-0.1, -0.05) is 0 Å². The highest BCUT2D eigenvalue weighted by Gasteiger charge is 2.01. The van der Waals surface area contributed by atoms with E-state index in [9.17, 15) is 4.79 Å². The van der Waals surface area contributed by atoms with Crippen molar-refractivity contribution in [2.75, 3.05) is 0 Å². The van der Waals surface area contributed by atoms with E-state index in [1.807, 2.05) is 6.07 Å². The van der Waals surface area contributed by atoms with Crippen LogP contribution in [0.3, 0.4) is 0 Å². The Hall–Kier alpha value is -2.09. The summed E-state index contributed by atoms with van der Waals surface area (Å²) in [6.07, 6.45) is 1.41. The van der Waals surface area contributed by atoms with Crippen molar-refractivity contribution >= 4 is 11.0 Å². The van der Waals surface area contributed by atoms with Crippen molar-refractivity contribution in [3.8, 4) is 6.07 Å².